The van der Waals surface area contributed by atoms with Crippen molar-refractivity contribution in [1.29, 1.82) is 5.26 Å². The molecule has 1 aliphatic carbocycles. The molecule has 0 spiro atoms. The predicted octanol–water partition coefficient (Wildman–Crippen LogP) is 0.341. The molecule has 1 aliphatic heterocycles. The predicted molar refractivity (Wildman–Crippen MR) is 114 cm³/mol. The van der Waals surface area contributed by atoms with Crippen molar-refractivity contribution in [2.75, 3.05) is 44.0 Å². The number of carbonyl (C=O) groups is 1. The number of allylic oxidation sites excluding steroid dienone is 3. The van der Waals surface area contributed by atoms with Crippen LogP contribution in [0.4, 0.5) is 17.6 Å². The molecule has 5 N–H and O–H groups in total. The number of nitrogen functional groups attached to an aromatic ring is 2. The topological polar surface area (TPSA) is 168 Å². The molecule has 30 heavy (non-hydrogen) atoms. The Morgan fingerprint density at radius 2 is 2.10 bits per heavy atom. The van der Waals surface area contributed by atoms with Crippen molar-refractivity contribution in [2.24, 2.45) is 15.9 Å². The molecule has 2 aliphatic rings. The number of hydrogen-bond acceptors (Lipinski definition) is 10. The maximum absolute atomic E-state index is 12.8. The van der Waals surface area contributed by atoms with Gasteiger partial charge < -0.3 is 26.4 Å². The molecule has 3 rings (SSSR count). The monoisotopic (exact) mass is 409 g/mol. The van der Waals surface area contributed by atoms with Crippen molar-refractivity contribution in [3.63, 3.8) is 0 Å². The van der Waals surface area contributed by atoms with Crippen LogP contribution in [0, 0.1) is 17.2 Å². The molecule has 1 amide bonds. The highest BCUT2D eigenvalue weighted by Gasteiger charge is 2.34. The fourth-order valence-electron chi connectivity index (χ4n) is 2.92. The average Bonchev–Trinajstić information content (AvgIpc) is 2.67. The van der Waals surface area contributed by atoms with E-state index in [1.807, 2.05) is 25.1 Å². The second-order valence-electron chi connectivity index (χ2n) is 7.03. The summed E-state index contributed by atoms with van der Waals surface area (Å²) in [6, 6.07) is 1.40. The van der Waals surface area contributed by atoms with Gasteiger partial charge in [-0.15, -0.1) is 0 Å². The molecule has 11 nitrogen and oxygen atoms in total. The minimum absolute atomic E-state index is 0.0346. The van der Waals surface area contributed by atoms with Crippen molar-refractivity contribution >= 4 is 35.0 Å². The Hall–Kier alpha value is -3.78. The average molecular weight is 409 g/mol. The molecule has 0 saturated heterocycles. The van der Waals surface area contributed by atoms with Gasteiger partial charge in [-0.1, -0.05) is 6.08 Å². The molecule has 2 heterocycles. The zero-order chi connectivity index (χ0) is 21.8. The van der Waals surface area contributed by atoms with Crippen LogP contribution >= 0.6 is 0 Å². The lowest BCUT2D eigenvalue weighted by molar-refractivity contribution is -0.119. The molecule has 0 fully saturated rings. The number of hydrogen-bond donors (Lipinski definition) is 3. The number of anilines is 3. The quantitative estimate of drug-likeness (QED) is 0.575. The van der Waals surface area contributed by atoms with Gasteiger partial charge in [0.2, 0.25) is 5.95 Å². The van der Waals surface area contributed by atoms with Crippen molar-refractivity contribution in [3.05, 3.63) is 29.6 Å². The minimum atomic E-state index is -0.659. The number of aromatic nitrogens is 2. The van der Waals surface area contributed by atoms with E-state index in [4.69, 9.17) is 16.2 Å². The van der Waals surface area contributed by atoms with E-state index in [-0.39, 0.29) is 34.9 Å². The normalized spacial score (nSPS) is 18.7. The number of amidine groups is 1. The maximum Gasteiger partial charge on any atom is 0.264 e. The SMILES string of the molecule is C[C@H](Nc1nc(N)nc(N)c1C#N)C1=NC(=O)C2C(OCCN(C)C)=CC=CC2=N1. The number of nitrogens with one attached hydrogen (secondary N) is 1. The van der Waals surface area contributed by atoms with Gasteiger partial charge in [-0.2, -0.15) is 20.2 Å². The molecule has 0 saturated carbocycles. The van der Waals surface area contributed by atoms with Crippen LogP contribution < -0.4 is 16.8 Å². The third-order valence-electron chi connectivity index (χ3n) is 4.44. The standard InChI is InChI=1S/C19H23N9O2/c1-10(23-17-11(9-20)15(21)25-19(22)27-17)16-24-12-5-4-6-13(14(12)18(29)26-16)30-8-7-28(2)3/h4-6,10,14H,7-8H2,1-3H3,(H5,21,22,23,25,27)/t10-,14?/m0/s1. The highest BCUT2D eigenvalue weighted by molar-refractivity contribution is 6.22. The van der Waals surface area contributed by atoms with Crippen LogP contribution in [0.15, 0.2) is 34.0 Å². The number of aliphatic imine (C=N–C) groups is 2. The van der Waals surface area contributed by atoms with Crippen LogP contribution in [0.25, 0.3) is 0 Å². The number of fused-ring (bicyclic) bond motifs is 1. The first-order valence-electron chi connectivity index (χ1n) is 9.26. The van der Waals surface area contributed by atoms with Gasteiger partial charge >= 0.3 is 0 Å². The Morgan fingerprint density at radius 3 is 2.80 bits per heavy atom. The molecule has 11 heteroatoms. The van der Waals surface area contributed by atoms with Gasteiger partial charge in [0.1, 0.15) is 35.7 Å². The van der Waals surface area contributed by atoms with Gasteiger partial charge in [-0.3, -0.25) is 4.79 Å². The third-order valence-corrected chi connectivity index (χ3v) is 4.44. The number of nitriles is 1. The van der Waals surface area contributed by atoms with Crippen LogP contribution in [0.3, 0.4) is 0 Å². The number of nitrogens with two attached hydrogens (primary N) is 2. The lowest BCUT2D eigenvalue weighted by Gasteiger charge is -2.26. The maximum atomic E-state index is 12.8. The van der Waals surface area contributed by atoms with E-state index in [1.54, 1.807) is 25.2 Å². The van der Waals surface area contributed by atoms with E-state index in [2.05, 4.69) is 25.3 Å². The number of ether oxygens (including phenoxy) is 1. The molecular formula is C19H23N9O2. The summed E-state index contributed by atoms with van der Waals surface area (Å²) in [5.41, 5.74) is 12.0. The Kier molecular flexibility index (Phi) is 6.08. The van der Waals surface area contributed by atoms with Gasteiger partial charge in [0.15, 0.2) is 11.7 Å². The van der Waals surface area contributed by atoms with Gasteiger partial charge in [-0.25, -0.2) is 4.99 Å². The van der Waals surface area contributed by atoms with Crippen LogP contribution in [0.1, 0.15) is 12.5 Å². The van der Waals surface area contributed by atoms with Gasteiger partial charge in [-0.05, 0) is 33.2 Å². The number of nitrogens with zero attached hydrogens (tertiary/aromatic N) is 6. The molecule has 1 aromatic heterocycles. The first kappa shape index (κ1) is 20.9. The highest BCUT2D eigenvalue weighted by Crippen LogP contribution is 2.26. The van der Waals surface area contributed by atoms with Crippen LogP contribution in [0.5, 0.6) is 0 Å². The second kappa shape index (κ2) is 8.71. The molecule has 0 aromatic carbocycles. The van der Waals surface area contributed by atoms with E-state index in [0.717, 1.165) is 6.54 Å². The lowest BCUT2D eigenvalue weighted by atomic mass is 9.94. The van der Waals surface area contributed by atoms with Crippen LogP contribution in [-0.4, -0.2) is 65.6 Å². The molecule has 0 radical (unpaired) electrons. The van der Waals surface area contributed by atoms with Gasteiger partial charge in [0, 0.05) is 6.54 Å². The summed E-state index contributed by atoms with van der Waals surface area (Å²) >= 11 is 0. The van der Waals surface area contributed by atoms with E-state index in [1.165, 1.54) is 0 Å². The molecule has 1 aromatic rings. The van der Waals surface area contributed by atoms with Crippen molar-refractivity contribution in [2.45, 2.75) is 13.0 Å². The molecular weight excluding hydrogens is 386 g/mol. The number of likely N-dealkylation sites (N-methyl/N-ethyl adjacent to an activating group) is 1. The molecule has 1 unspecified atom stereocenters. The summed E-state index contributed by atoms with van der Waals surface area (Å²) in [6.07, 6.45) is 5.30. The summed E-state index contributed by atoms with van der Waals surface area (Å²) < 4.78 is 5.78. The fourth-order valence-corrected chi connectivity index (χ4v) is 2.92. The highest BCUT2D eigenvalue weighted by atomic mass is 16.5. The molecule has 2 atom stereocenters. The summed E-state index contributed by atoms with van der Waals surface area (Å²) in [5, 5.41) is 12.3. The van der Waals surface area contributed by atoms with E-state index in [0.29, 0.717) is 18.1 Å². The Balaban J connectivity index is 1.78. The summed E-state index contributed by atoms with van der Waals surface area (Å²) in [7, 11) is 3.89. The first-order chi connectivity index (χ1) is 14.3. The van der Waals surface area contributed by atoms with E-state index in [9.17, 15) is 10.1 Å². The number of rotatable bonds is 7. The second-order valence-corrected chi connectivity index (χ2v) is 7.03. The van der Waals surface area contributed by atoms with E-state index >= 15 is 0 Å². The zero-order valence-corrected chi connectivity index (χ0v) is 17.0. The Morgan fingerprint density at radius 1 is 1.33 bits per heavy atom. The summed E-state index contributed by atoms with van der Waals surface area (Å²) in [5.74, 6) is -0.208. The zero-order valence-electron chi connectivity index (χ0n) is 17.0. The summed E-state index contributed by atoms with van der Waals surface area (Å²) in [4.78, 5) is 31.2. The Labute approximate surface area is 173 Å². The molecule has 0 bridgehead atoms. The number of carbonyl (C=O) groups excluding carboxylic acids is 1. The smallest absolute Gasteiger partial charge is 0.264 e. The van der Waals surface area contributed by atoms with Gasteiger partial charge in [0.25, 0.3) is 5.91 Å². The van der Waals surface area contributed by atoms with Crippen LogP contribution in [0.2, 0.25) is 0 Å². The first-order valence-corrected chi connectivity index (χ1v) is 9.26. The fraction of sp³-hybridized carbons (Fsp3) is 0.368. The van der Waals surface area contributed by atoms with Crippen LogP contribution in [-0.2, 0) is 9.53 Å². The van der Waals surface area contributed by atoms with E-state index < -0.39 is 12.0 Å². The van der Waals surface area contributed by atoms with Crippen molar-refractivity contribution in [3.8, 4) is 6.07 Å². The van der Waals surface area contributed by atoms with Crippen molar-refractivity contribution < 1.29 is 9.53 Å². The third kappa shape index (κ3) is 4.44. The summed E-state index contributed by atoms with van der Waals surface area (Å²) in [6.45, 7) is 2.91. The largest absolute Gasteiger partial charge is 0.495 e. The lowest BCUT2D eigenvalue weighted by Crippen LogP contribution is -2.37. The number of amides is 1. The van der Waals surface area contributed by atoms with Crippen molar-refractivity contribution in [1.82, 2.24) is 14.9 Å². The Bertz CT molecular complexity index is 1020. The minimum Gasteiger partial charge on any atom is -0.495 e. The molecule has 156 valence electrons. The van der Waals surface area contributed by atoms with Gasteiger partial charge in [0.05, 0.1) is 11.8 Å².